The summed E-state index contributed by atoms with van der Waals surface area (Å²) in [5, 5.41) is 3.28. The molecule has 0 spiro atoms. The second kappa shape index (κ2) is 12.4. The fourth-order valence-corrected chi connectivity index (χ4v) is 6.87. The molecule has 0 saturated carbocycles. The average molecular weight is 666 g/mol. The van der Waals surface area contributed by atoms with Crippen molar-refractivity contribution < 1.29 is 35.9 Å². The van der Waals surface area contributed by atoms with Crippen molar-refractivity contribution >= 4 is 39.2 Å². The van der Waals surface area contributed by atoms with Crippen molar-refractivity contribution in [3.63, 3.8) is 0 Å². The molecule has 0 radical (unpaired) electrons. The Morgan fingerprint density at radius 1 is 0.978 bits per heavy atom. The average Bonchev–Trinajstić information content (AvgIpc) is 3.42. The summed E-state index contributed by atoms with van der Waals surface area (Å²) in [5.41, 5.74) is -1.29. The van der Waals surface area contributed by atoms with Gasteiger partial charge in [0.1, 0.15) is 17.3 Å². The van der Waals surface area contributed by atoms with Crippen molar-refractivity contribution in [1.29, 1.82) is 0 Å². The van der Waals surface area contributed by atoms with Crippen molar-refractivity contribution in [1.82, 2.24) is 29.2 Å². The third-order valence-electron chi connectivity index (χ3n) is 8.28. The van der Waals surface area contributed by atoms with Gasteiger partial charge in [-0.05, 0) is 43.4 Å². The molecule has 4 heterocycles. The van der Waals surface area contributed by atoms with E-state index in [-0.39, 0.29) is 46.6 Å². The highest BCUT2D eigenvalue weighted by Crippen LogP contribution is 2.41. The Kier molecular flexibility index (Phi) is 8.67. The Morgan fingerprint density at radius 2 is 1.65 bits per heavy atom. The van der Waals surface area contributed by atoms with Crippen LogP contribution in [-0.2, 0) is 12.7 Å². The molecule has 46 heavy (non-hydrogen) atoms. The van der Waals surface area contributed by atoms with Crippen molar-refractivity contribution in [3.8, 4) is 5.69 Å². The van der Waals surface area contributed by atoms with Crippen LogP contribution in [-0.4, -0.2) is 102 Å². The SMILES string of the molecule is CN1CCN(C(=O)c2ccc(Nc3ncc4ccn(-c5cc(F)c(CN6CCS(O)(O)CC6)c(F)c5)c4n3)cc2C(F)(F)F)CC1. The predicted octanol–water partition coefficient (Wildman–Crippen LogP) is 5.41. The van der Waals surface area contributed by atoms with Crippen LogP contribution >= 0.6 is 10.6 Å². The zero-order valence-electron chi connectivity index (χ0n) is 24.8. The lowest BCUT2D eigenvalue weighted by Crippen LogP contribution is -2.47. The molecule has 0 atom stereocenters. The molecule has 0 aliphatic carbocycles. The molecule has 2 fully saturated rings. The molecule has 2 aliphatic heterocycles. The number of nitrogens with one attached hydrogen (secondary N) is 1. The van der Waals surface area contributed by atoms with Crippen LogP contribution in [0.25, 0.3) is 16.7 Å². The van der Waals surface area contributed by atoms with E-state index in [4.69, 9.17) is 0 Å². The Balaban J connectivity index is 1.24. The Morgan fingerprint density at radius 3 is 2.30 bits per heavy atom. The highest BCUT2D eigenvalue weighted by molar-refractivity contribution is 8.24. The number of likely N-dealkylation sites (N-methyl/N-ethyl adjacent to an activating group) is 1. The van der Waals surface area contributed by atoms with Gasteiger partial charge in [0.25, 0.3) is 5.91 Å². The molecular formula is C30H32F5N7O3S. The summed E-state index contributed by atoms with van der Waals surface area (Å²) in [7, 11) is -0.765. The second-order valence-corrected chi connectivity index (χ2v) is 13.9. The van der Waals surface area contributed by atoms with E-state index in [1.165, 1.54) is 21.7 Å². The Hall–Kier alpha value is -3.83. The van der Waals surface area contributed by atoms with E-state index in [9.17, 15) is 27.1 Å². The highest BCUT2D eigenvalue weighted by atomic mass is 32.3. The number of fused-ring (bicyclic) bond motifs is 1. The number of carbonyl (C=O) groups is 1. The molecular weight excluding hydrogens is 633 g/mol. The molecule has 0 bridgehead atoms. The highest BCUT2D eigenvalue weighted by Gasteiger charge is 2.37. The number of benzene rings is 2. The molecule has 0 unspecified atom stereocenters. The van der Waals surface area contributed by atoms with Gasteiger partial charge in [-0.1, -0.05) is 0 Å². The summed E-state index contributed by atoms with van der Waals surface area (Å²) in [4.78, 5) is 26.8. The molecule has 10 nitrogen and oxygen atoms in total. The first-order valence-corrected chi connectivity index (χ1v) is 16.4. The summed E-state index contributed by atoms with van der Waals surface area (Å²) in [6.45, 7) is 2.35. The lowest BCUT2D eigenvalue weighted by atomic mass is 10.0. The first-order chi connectivity index (χ1) is 21.8. The molecule has 2 saturated heterocycles. The summed E-state index contributed by atoms with van der Waals surface area (Å²) >= 11 is 0. The van der Waals surface area contributed by atoms with Gasteiger partial charge < -0.3 is 19.7 Å². The summed E-state index contributed by atoms with van der Waals surface area (Å²) in [6.07, 6.45) is -1.82. The largest absolute Gasteiger partial charge is 0.417 e. The van der Waals surface area contributed by atoms with Crippen molar-refractivity contribution in [2.45, 2.75) is 12.7 Å². The van der Waals surface area contributed by atoms with Crippen LogP contribution in [0.2, 0.25) is 0 Å². The van der Waals surface area contributed by atoms with Gasteiger partial charge in [0.15, 0.2) is 0 Å². The van der Waals surface area contributed by atoms with E-state index in [1.807, 2.05) is 11.9 Å². The lowest BCUT2D eigenvalue weighted by Gasteiger charge is -2.41. The predicted molar refractivity (Wildman–Crippen MR) is 165 cm³/mol. The van der Waals surface area contributed by atoms with E-state index in [0.717, 1.165) is 24.3 Å². The number of rotatable bonds is 6. The van der Waals surface area contributed by atoms with E-state index in [2.05, 4.69) is 15.3 Å². The molecule has 16 heteroatoms. The number of carbonyl (C=O) groups excluding carboxylic acids is 1. The van der Waals surface area contributed by atoms with Crippen molar-refractivity contribution in [3.05, 3.63) is 77.1 Å². The van der Waals surface area contributed by atoms with Gasteiger partial charge in [-0.25, -0.2) is 13.8 Å². The molecule has 3 N–H and O–H groups in total. The van der Waals surface area contributed by atoms with Crippen LogP contribution in [0.5, 0.6) is 0 Å². The van der Waals surface area contributed by atoms with Crippen molar-refractivity contribution in [2.24, 2.45) is 0 Å². The van der Waals surface area contributed by atoms with E-state index in [0.29, 0.717) is 44.7 Å². The normalized spacial score (nSPS) is 18.6. The minimum atomic E-state index is -4.80. The molecule has 246 valence electrons. The minimum Gasteiger partial charge on any atom is -0.336 e. The van der Waals surface area contributed by atoms with Gasteiger partial charge >= 0.3 is 6.18 Å². The number of nitrogens with zero attached hydrogens (tertiary/aromatic N) is 6. The quantitative estimate of drug-likeness (QED) is 0.235. The fraction of sp³-hybridized carbons (Fsp3) is 0.367. The van der Waals surface area contributed by atoms with Gasteiger partial charge in [0, 0.05) is 74.8 Å². The number of alkyl halides is 3. The maximum absolute atomic E-state index is 15.2. The molecule has 2 aromatic carbocycles. The number of amides is 1. The van der Waals surface area contributed by atoms with E-state index < -0.39 is 45.4 Å². The van der Waals surface area contributed by atoms with Crippen LogP contribution in [0.1, 0.15) is 21.5 Å². The van der Waals surface area contributed by atoms with Gasteiger partial charge in [0.05, 0.1) is 28.3 Å². The Labute approximate surface area is 262 Å². The number of hydrogen-bond donors (Lipinski definition) is 3. The van der Waals surface area contributed by atoms with Crippen LogP contribution < -0.4 is 5.32 Å². The standard InChI is InChI=1S/C30H32F5N7O3S/c1-39-6-8-41(9-7-39)28(43)22-3-2-20(14-24(22)30(33,34)35)37-29-36-17-19-4-5-42(27(19)38-29)21-15-25(31)23(26(32)16-21)18-40-10-12-46(44,45)13-11-40/h2-5,14-17,44-45H,6-13,18H2,1H3,(H,36,37,38). The van der Waals surface area contributed by atoms with Crippen molar-refractivity contribution in [2.75, 3.05) is 63.1 Å². The first-order valence-electron chi connectivity index (χ1n) is 14.5. The molecule has 1 amide bonds. The number of aromatic nitrogens is 3. The van der Waals surface area contributed by atoms with E-state index in [1.54, 1.807) is 17.2 Å². The molecule has 2 aliphatic rings. The second-order valence-electron chi connectivity index (χ2n) is 11.5. The first kappa shape index (κ1) is 32.1. The monoisotopic (exact) mass is 665 g/mol. The lowest BCUT2D eigenvalue weighted by molar-refractivity contribution is -0.138. The number of halogens is 5. The third-order valence-corrected chi connectivity index (χ3v) is 9.96. The van der Waals surface area contributed by atoms with Gasteiger partial charge in [-0.15, -0.1) is 0 Å². The van der Waals surface area contributed by atoms with Gasteiger partial charge in [-0.2, -0.15) is 28.7 Å². The van der Waals surface area contributed by atoms with Crippen LogP contribution in [0.3, 0.4) is 0 Å². The van der Waals surface area contributed by atoms with Gasteiger partial charge in [-0.3, -0.25) is 18.8 Å². The number of hydrogen-bond acceptors (Lipinski definition) is 8. The molecule has 2 aromatic heterocycles. The number of piperazine rings is 1. The zero-order chi connectivity index (χ0) is 32.8. The van der Waals surface area contributed by atoms with Crippen LogP contribution in [0.15, 0.2) is 48.8 Å². The number of anilines is 2. The maximum Gasteiger partial charge on any atom is 0.417 e. The maximum atomic E-state index is 15.2. The summed E-state index contributed by atoms with van der Waals surface area (Å²) in [5.74, 6) is -2.03. The van der Waals surface area contributed by atoms with Gasteiger partial charge in [0.2, 0.25) is 5.95 Å². The third kappa shape index (κ3) is 6.80. The fourth-order valence-electron chi connectivity index (χ4n) is 5.56. The minimum absolute atomic E-state index is 0.0000932. The van der Waals surface area contributed by atoms with E-state index >= 15 is 8.78 Å². The smallest absolute Gasteiger partial charge is 0.336 e. The van der Waals surface area contributed by atoms with Crippen LogP contribution in [0, 0.1) is 11.6 Å². The zero-order valence-corrected chi connectivity index (χ0v) is 25.6. The Bertz CT molecular complexity index is 1740. The summed E-state index contributed by atoms with van der Waals surface area (Å²) in [6, 6.07) is 7.28. The summed E-state index contributed by atoms with van der Waals surface area (Å²) < 4.78 is 93.7. The van der Waals surface area contributed by atoms with Crippen LogP contribution in [0.4, 0.5) is 33.6 Å². The molecule has 6 rings (SSSR count). The molecule has 4 aromatic rings. The topological polar surface area (TPSA) is 110 Å².